The fourth-order valence-electron chi connectivity index (χ4n) is 2.39. The van der Waals surface area contributed by atoms with Gasteiger partial charge in [0.25, 0.3) is 0 Å². The lowest BCUT2D eigenvalue weighted by molar-refractivity contribution is -0.0287. The maximum absolute atomic E-state index is 13.4. The average Bonchev–Trinajstić information content (AvgIpc) is 2.97. The van der Waals surface area contributed by atoms with Gasteiger partial charge in [0.1, 0.15) is 5.82 Å². The highest BCUT2D eigenvalue weighted by molar-refractivity contribution is 5.91. The van der Waals surface area contributed by atoms with Crippen LogP contribution in [0, 0.1) is 5.82 Å². The standard InChI is InChI=1S/C15H17FN4O2/c16-11-3-4-13(20-8-2-7-18-20)12(9-11)19-14(21)17-10-15(22)5-1-6-15/h2-4,7-9,22H,1,5-6,10H2,(H2,17,19,21). The van der Waals surface area contributed by atoms with Crippen LogP contribution in [-0.4, -0.2) is 33.1 Å². The molecule has 7 heteroatoms. The maximum atomic E-state index is 13.4. The highest BCUT2D eigenvalue weighted by atomic mass is 19.1. The molecule has 1 aliphatic rings. The lowest BCUT2D eigenvalue weighted by Gasteiger charge is -2.36. The molecule has 22 heavy (non-hydrogen) atoms. The Morgan fingerprint density at radius 1 is 1.45 bits per heavy atom. The number of aromatic nitrogens is 2. The molecule has 6 nitrogen and oxygen atoms in total. The summed E-state index contributed by atoms with van der Waals surface area (Å²) in [6.07, 6.45) is 5.64. The van der Waals surface area contributed by atoms with Crippen molar-refractivity contribution < 1.29 is 14.3 Å². The lowest BCUT2D eigenvalue weighted by atomic mass is 9.80. The molecule has 0 unspecified atom stereocenters. The number of aliphatic hydroxyl groups is 1. The quantitative estimate of drug-likeness (QED) is 0.809. The SMILES string of the molecule is O=C(NCC1(O)CCC1)Nc1cc(F)ccc1-n1cccn1. The molecule has 3 rings (SSSR count). The molecule has 2 aromatic rings. The number of nitrogens with zero attached hydrogens (tertiary/aromatic N) is 2. The van der Waals surface area contributed by atoms with Gasteiger partial charge in [0.05, 0.1) is 17.0 Å². The van der Waals surface area contributed by atoms with Crippen LogP contribution in [0.25, 0.3) is 5.69 Å². The summed E-state index contributed by atoms with van der Waals surface area (Å²) in [5, 5.41) is 19.2. The van der Waals surface area contributed by atoms with Crippen LogP contribution in [-0.2, 0) is 0 Å². The van der Waals surface area contributed by atoms with Gasteiger partial charge >= 0.3 is 6.03 Å². The van der Waals surface area contributed by atoms with Crippen molar-refractivity contribution in [2.75, 3.05) is 11.9 Å². The maximum Gasteiger partial charge on any atom is 0.319 e. The number of carbonyl (C=O) groups is 1. The van der Waals surface area contributed by atoms with E-state index in [0.717, 1.165) is 6.42 Å². The molecule has 1 heterocycles. The molecule has 0 radical (unpaired) electrons. The molecular weight excluding hydrogens is 287 g/mol. The number of hydrogen-bond donors (Lipinski definition) is 3. The van der Waals surface area contributed by atoms with E-state index in [0.29, 0.717) is 24.2 Å². The Morgan fingerprint density at radius 2 is 2.27 bits per heavy atom. The third kappa shape index (κ3) is 3.09. The summed E-state index contributed by atoms with van der Waals surface area (Å²) in [6, 6.07) is 5.32. The zero-order chi connectivity index (χ0) is 15.6. The molecule has 1 aromatic carbocycles. The van der Waals surface area contributed by atoms with Crippen LogP contribution in [0.2, 0.25) is 0 Å². The Morgan fingerprint density at radius 3 is 2.91 bits per heavy atom. The van der Waals surface area contributed by atoms with Crippen LogP contribution in [0.5, 0.6) is 0 Å². The van der Waals surface area contributed by atoms with Crippen LogP contribution < -0.4 is 10.6 Å². The fourth-order valence-corrected chi connectivity index (χ4v) is 2.39. The minimum Gasteiger partial charge on any atom is -0.388 e. The predicted octanol–water partition coefficient (Wildman–Crippen LogP) is 2.05. The first-order valence-corrected chi connectivity index (χ1v) is 7.13. The van der Waals surface area contributed by atoms with Crippen molar-refractivity contribution in [3.05, 3.63) is 42.5 Å². The van der Waals surface area contributed by atoms with E-state index in [1.54, 1.807) is 18.5 Å². The summed E-state index contributed by atoms with van der Waals surface area (Å²) in [7, 11) is 0. The number of benzene rings is 1. The monoisotopic (exact) mass is 304 g/mol. The first kappa shape index (κ1) is 14.5. The van der Waals surface area contributed by atoms with Gasteiger partial charge in [-0.05, 0) is 43.5 Å². The second kappa shape index (κ2) is 5.76. The number of hydrogen-bond acceptors (Lipinski definition) is 3. The molecule has 0 bridgehead atoms. The van der Waals surface area contributed by atoms with Gasteiger partial charge in [-0.1, -0.05) is 0 Å². The molecule has 0 saturated heterocycles. The smallest absolute Gasteiger partial charge is 0.319 e. The first-order valence-electron chi connectivity index (χ1n) is 7.13. The normalized spacial score (nSPS) is 15.9. The number of anilines is 1. The van der Waals surface area contributed by atoms with E-state index in [1.165, 1.54) is 22.9 Å². The van der Waals surface area contributed by atoms with Gasteiger partial charge in [-0.2, -0.15) is 5.10 Å². The summed E-state index contributed by atoms with van der Waals surface area (Å²) >= 11 is 0. The van der Waals surface area contributed by atoms with Crippen molar-refractivity contribution in [2.24, 2.45) is 0 Å². The Labute approximate surface area is 127 Å². The predicted molar refractivity (Wildman–Crippen MR) is 79.3 cm³/mol. The van der Waals surface area contributed by atoms with E-state index in [-0.39, 0.29) is 6.54 Å². The molecule has 3 N–H and O–H groups in total. The molecule has 0 aliphatic heterocycles. The molecule has 1 aromatic heterocycles. The van der Waals surface area contributed by atoms with Crippen LogP contribution in [0.3, 0.4) is 0 Å². The lowest BCUT2D eigenvalue weighted by Crippen LogP contribution is -2.48. The van der Waals surface area contributed by atoms with Gasteiger partial charge in [0.15, 0.2) is 0 Å². The molecule has 0 atom stereocenters. The molecule has 1 saturated carbocycles. The number of carbonyl (C=O) groups excluding carboxylic acids is 1. The summed E-state index contributed by atoms with van der Waals surface area (Å²) in [5.41, 5.74) is 0.0649. The summed E-state index contributed by atoms with van der Waals surface area (Å²) < 4.78 is 15.0. The van der Waals surface area contributed by atoms with Crippen molar-refractivity contribution in [3.8, 4) is 5.69 Å². The molecule has 116 valence electrons. The van der Waals surface area contributed by atoms with Gasteiger partial charge in [-0.15, -0.1) is 0 Å². The van der Waals surface area contributed by atoms with Crippen LogP contribution in [0.1, 0.15) is 19.3 Å². The van der Waals surface area contributed by atoms with Gasteiger partial charge in [-0.25, -0.2) is 13.9 Å². The van der Waals surface area contributed by atoms with Crippen molar-refractivity contribution >= 4 is 11.7 Å². The molecule has 0 spiro atoms. The van der Waals surface area contributed by atoms with Gasteiger partial charge in [-0.3, -0.25) is 0 Å². The molecule has 1 fully saturated rings. The van der Waals surface area contributed by atoms with Gasteiger partial charge < -0.3 is 15.7 Å². The Kier molecular flexibility index (Phi) is 3.81. The van der Waals surface area contributed by atoms with Crippen LogP contribution >= 0.6 is 0 Å². The number of amides is 2. The van der Waals surface area contributed by atoms with E-state index in [4.69, 9.17) is 0 Å². The second-order valence-electron chi connectivity index (χ2n) is 5.50. The van der Waals surface area contributed by atoms with Gasteiger partial charge in [0, 0.05) is 18.9 Å². The van der Waals surface area contributed by atoms with E-state index < -0.39 is 17.4 Å². The van der Waals surface area contributed by atoms with E-state index in [2.05, 4.69) is 15.7 Å². The second-order valence-corrected chi connectivity index (χ2v) is 5.50. The Balaban J connectivity index is 1.71. The zero-order valence-corrected chi connectivity index (χ0v) is 11.9. The molecule has 1 aliphatic carbocycles. The number of urea groups is 1. The van der Waals surface area contributed by atoms with E-state index >= 15 is 0 Å². The molecular formula is C15H17FN4O2. The number of nitrogens with one attached hydrogen (secondary N) is 2. The van der Waals surface area contributed by atoms with Crippen molar-refractivity contribution in [3.63, 3.8) is 0 Å². The fraction of sp³-hybridized carbons (Fsp3) is 0.333. The largest absolute Gasteiger partial charge is 0.388 e. The first-order chi connectivity index (χ1) is 10.6. The van der Waals surface area contributed by atoms with Crippen LogP contribution in [0.15, 0.2) is 36.7 Å². The minimum absolute atomic E-state index is 0.186. The topological polar surface area (TPSA) is 79.2 Å². The average molecular weight is 304 g/mol. The van der Waals surface area contributed by atoms with E-state index in [1.807, 2.05) is 0 Å². The summed E-state index contributed by atoms with van der Waals surface area (Å²) in [4.78, 5) is 11.9. The third-order valence-electron chi connectivity index (χ3n) is 3.82. The zero-order valence-electron chi connectivity index (χ0n) is 11.9. The molecule has 2 amide bonds. The summed E-state index contributed by atoms with van der Waals surface area (Å²) in [5.74, 6) is -0.455. The third-order valence-corrected chi connectivity index (χ3v) is 3.82. The number of rotatable bonds is 4. The van der Waals surface area contributed by atoms with Crippen molar-refractivity contribution in [2.45, 2.75) is 24.9 Å². The van der Waals surface area contributed by atoms with Crippen molar-refractivity contribution in [1.29, 1.82) is 0 Å². The number of halogens is 1. The van der Waals surface area contributed by atoms with Crippen LogP contribution in [0.4, 0.5) is 14.9 Å². The highest BCUT2D eigenvalue weighted by Crippen LogP contribution is 2.30. The van der Waals surface area contributed by atoms with Gasteiger partial charge in [0.2, 0.25) is 0 Å². The Bertz CT molecular complexity index is 668. The minimum atomic E-state index is -0.801. The van der Waals surface area contributed by atoms with Crippen molar-refractivity contribution in [1.82, 2.24) is 15.1 Å². The Hall–Kier alpha value is -2.41. The summed E-state index contributed by atoms with van der Waals surface area (Å²) in [6.45, 7) is 0.186. The van der Waals surface area contributed by atoms with E-state index in [9.17, 15) is 14.3 Å². The highest BCUT2D eigenvalue weighted by Gasteiger charge is 2.34.